The van der Waals surface area contributed by atoms with E-state index >= 15 is 0 Å². The van der Waals surface area contributed by atoms with Gasteiger partial charge in [-0.05, 0) is 48.7 Å². The maximum Gasteiger partial charge on any atom is 0.258 e. The Morgan fingerprint density at radius 2 is 1.84 bits per heavy atom. The molecule has 3 heterocycles. The van der Waals surface area contributed by atoms with Crippen LogP contribution in [-0.4, -0.2) is 25.6 Å². The molecule has 0 unspecified atom stereocenters. The molecular weight excluding hydrogens is 542 g/mol. The van der Waals surface area contributed by atoms with E-state index in [1.54, 1.807) is 37.0 Å². The number of rotatable bonds is 6. The topological polar surface area (TPSA) is 118 Å². The highest BCUT2D eigenvalue weighted by molar-refractivity contribution is 9.10. The molecule has 0 spiro atoms. The number of nitrogens with zero attached hydrogens (tertiary/aromatic N) is 2. The van der Waals surface area contributed by atoms with E-state index in [0.29, 0.717) is 63.0 Å². The molecule has 1 atom stereocenters. The van der Waals surface area contributed by atoms with Crippen molar-refractivity contribution in [1.82, 2.24) is 4.57 Å². The third-order valence-electron chi connectivity index (χ3n) is 6.56. The van der Waals surface area contributed by atoms with Gasteiger partial charge in [-0.1, -0.05) is 22.0 Å². The number of fused-ring (bicyclic) bond motifs is 2. The van der Waals surface area contributed by atoms with E-state index in [4.69, 9.17) is 29.4 Å². The van der Waals surface area contributed by atoms with E-state index in [9.17, 15) is 10.1 Å². The number of ether oxygens (including phenoxy) is 5. The van der Waals surface area contributed by atoms with Gasteiger partial charge in [-0.25, -0.2) is 0 Å². The lowest BCUT2D eigenvalue weighted by Crippen LogP contribution is -2.33. The molecule has 0 saturated heterocycles. The molecular formula is C27H24BrN3O6. The Morgan fingerprint density at radius 3 is 2.54 bits per heavy atom. The number of methoxy groups -OCH3 is 2. The molecule has 2 aromatic carbocycles. The zero-order valence-electron chi connectivity index (χ0n) is 20.5. The number of pyridine rings is 1. The summed E-state index contributed by atoms with van der Waals surface area (Å²) >= 11 is 3.58. The van der Waals surface area contributed by atoms with E-state index in [2.05, 4.69) is 22.0 Å². The Morgan fingerprint density at radius 1 is 1.11 bits per heavy atom. The van der Waals surface area contributed by atoms with Crippen molar-refractivity contribution in [2.75, 3.05) is 21.0 Å². The maximum atomic E-state index is 14.0. The SMILES string of the molecule is COc1ccc(CCn2c(C)cc3c(c2=O)[C@H](c2cc4c(cc2Br)OCO4)C(C#N)=C(N)O3)cc1OC. The van der Waals surface area contributed by atoms with Crippen LogP contribution in [0.15, 0.2) is 57.1 Å². The second-order valence-corrected chi connectivity index (χ2v) is 9.47. The molecule has 1 aromatic heterocycles. The minimum Gasteiger partial charge on any atom is -0.493 e. The molecule has 190 valence electrons. The van der Waals surface area contributed by atoms with Crippen LogP contribution in [0.1, 0.15) is 28.3 Å². The van der Waals surface area contributed by atoms with Gasteiger partial charge in [0, 0.05) is 22.8 Å². The van der Waals surface area contributed by atoms with Crippen molar-refractivity contribution in [3.8, 4) is 34.8 Å². The first-order valence-electron chi connectivity index (χ1n) is 11.5. The maximum absolute atomic E-state index is 14.0. The highest BCUT2D eigenvalue weighted by Crippen LogP contribution is 2.46. The van der Waals surface area contributed by atoms with Crippen molar-refractivity contribution in [3.05, 3.63) is 85.1 Å². The monoisotopic (exact) mass is 565 g/mol. The lowest BCUT2D eigenvalue weighted by Gasteiger charge is -2.28. The third-order valence-corrected chi connectivity index (χ3v) is 7.25. The summed E-state index contributed by atoms with van der Waals surface area (Å²) in [4.78, 5) is 14.0. The highest BCUT2D eigenvalue weighted by atomic mass is 79.9. The summed E-state index contributed by atoms with van der Waals surface area (Å²) in [6.07, 6.45) is 0.572. The van der Waals surface area contributed by atoms with Crippen LogP contribution in [0.25, 0.3) is 0 Å². The fourth-order valence-electron chi connectivity index (χ4n) is 4.71. The van der Waals surface area contributed by atoms with E-state index in [1.165, 1.54) is 0 Å². The molecule has 0 saturated carbocycles. The fourth-order valence-corrected chi connectivity index (χ4v) is 5.26. The Kier molecular flexibility index (Phi) is 6.48. The van der Waals surface area contributed by atoms with Crippen molar-refractivity contribution in [2.45, 2.75) is 25.8 Å². The number of hydrogen-bond donors (Lipinski definition) is 1. The predicted molar refractivity (Wildman–Crippen MR) is 138 cm³/mol. The first-order valence-corrected chi connectivity index (χ1v) is 12.3. The van der Waals surface area contributed by atoms with Crippen LogP contribution in [0.4, 0.5) is 0 Å². The second-order valence-electron chi connectivity index (χ2n) is 8.61. The van der Waals surface area contributed by atoms with Gasteiger partial charge >= 0.3 is 0 Å². The highest BCUT2D eigenvalue weighted by Gasteiger charge is 2.36. The number of allylic oxidation sites excluding steroid dienone is 1. The van der Waals surface area contributed by atoms with Crippen LogP contribution in [0.2, 0.25) is 0 Å². The van der Waals surface area contributed by atoms with Gasteiger partial charge in [0.1, 0.15) is 17.4 Å². The number of benzene rings is 2. The smallest absolute Gasteiger partial charge is 0.258 e. The first kappa shape index (κ1) is 24.6. The van der Waals surface area contributed by atoms with Crippen molar-refractivity contribution in [3.63, 3.8) is 0 Å². The van der Waals surface area contributed by atoms with Gasteiger partial charge in [-0.15, -0.1) is 0 Å². The molecule has 9 nitrogen and oxygen atoms in total. The molecule has 0 amide bonds. The van der Waals surface area contributed by atoms with Crippen molar-refractivity contribution >= 4 is 15.9 Å². The number of halogens is 1. The molecule has 3 aromatic rings. The van der Waals surface area contributed by atoms with Gasteiger partial charge in [0.05, 0.1) is 25.7 Å². The minimum absolute atomic E-state index is 0.0357. The summed E-state index contributed by atoms with van der Waals surface area (Å²) in [5.41, 5.74) is 8.73. The average molecular weight is 566 g/mol. The van der Waals surface area contributed by atoms with Crippen molar-refractivity contribution in [1.29, 1.82) is 5.26 Å². The molecule has 2 N–H and O–H groups in total. The Hall–Kier alpha value is -4.10. The second kappa shape index (κ2) is 9.75. The molecule has 0 radical (unpaired) electrons. The summed E-state index contributed by atoms with van der Waals surface area (Å²) in [6, 6.07) is 13.1. The van der Waals surface area contributed by atoms with Gasteiger partial charge in [0.15, 0.2) is 23.0 Å². The summed E-state index contributed by atoms with van der Waals surface area (Å²) in [6.45, 7) is 2.34. The van der Waals surface area contributed by atoms with Gasteiger partial charge in [-0.3, -0.25) is 4.79 Å². The summed E-state index contributed by atoms with van der Waals surface area (Å²) in [5, 5.41) is 9.99. The number of hydrogen-bond acceptors (Lipinski definition) is 8. The number of aromatic nitrogens is 1. The minimum atomic E-state index is -0.752. The molecule has 2 aliphatic rings. The zero-order chi connectivity index (χ0) is 26.3. The van der Waals surface area contributed by atoms with Crippen LogP contribution < -0.4 is 35.0 Å². The van der Waals surface area contributed by atoms with Crippen LogP contribution >= 0.6 is 15.9 Å². The van der Waals surface area contributed by atoms with Crippen molar-refractivity contribution < 1.29 is 23.7 Å². The number of nitrogens with two attached hydrogens (primary N) is 1. The Balaban J connectivity index is 1.59. The molecule has 0 fully saturated rings. The zero-order valence-corrected chi connectivity index (χ0v) is 22.0. The summed E-state index contributed by atoms with van der Waals surface area (Å²) < 4.78 is 29.9. The van der Waals surface area contributed by atoms with E-state index in [0.717, 1.165) is 5.56 Å². The Labute approximate surface area is 221 Å². The predicted octanol–water partition coefficient (Wildman–Crippen LogP) is 4.13. The van der Waals surface area contributed by atoms with Gasteiger partial charge in [-0.2, -0.15) is 5.26 Å². The van der Waals surface area contributed by atoms with E-state index in [-0.39, 0.29) is 23.8 Å². The number of aryl methyl sites for hydroxylation is 2. The lowest BCUT2D eigenvalue weighted by molar-refractivity contribution is 0.174. The van der Waals surface area contributed by atoms with Crippen molar-refractivity contribution in [2.24, 2.45) is 5.73 Å². The summed E-state index contributed by atoms with van der Waals surface area (Å²) in [7, 11) is 3.17. The normalized spacial score (nSPS) is 15.6. The molecule has 5 rings (SSSR count). The molecule has 0 bridgehead atoms. The largest absolute Gasteiger partial charge is 0.493 e. The standard InChI is InChI=1S/C27H24BrN3O6/c1-14-8-23-25(27(32)31(14)7-6-15-4-5-19(33-2)20(9-15)34-3)24(17(12-29)26(30)37-23)16-10-21-22(11-18(16)28)36-13-35-21/h4-5,8-11,24H,6-7,13,30H2,1-3H3/t24-/m1/s1. The van der Waals surface area contributed by atoms with Gasteiger partial charge in [0.25, 0.3) is 5.56 Å². The van der Waals surface area contributed by atoms with Gasteiger partial charge < -0.3 is 34.0 Å². The van der Waals surface area contributed by atoms with Crippen LogP contribution in [0, 0.1) is 18.3 Å². The van der Waals surface area contributed by atoms with Crippen LogP contribution in [0.5, 0.6) is 28.7 Å². The quantitative estimate of drug-likeness (QED) is 0.474. The Bertz CT molecular complexity index is 1540. The van der Waals surface area contributed by atoms with E-state index < -0.39 is 5.92 Å². The van der Waals surface area contributed by atoms with Crippen LogP contribution in [0.3, 0.4) is 0 Å². The molecule has 10 heteroatoms. The first-order chi connectivity index (χ1) is 17.9. The fraction of sp³-hybridized carbons (Fsp3) is 0.259. The lowest BCUT2D eigenvalue weighted by atomic mass is 9.83. The number of nitriles is 1. The molecule has 2 aliphatic heterocycles. The summed E-state index contributed by atoms with van der Waals surface area (Å²) in [5.74, 6) is 1.91. The van der Waals surface area contributed by atoms with Crippen LogP contribution in [-0.2, 0) is 13.0 Å². The average Bonchev–Trinajstić information content (AvgIpc) is 3.34. The third kappa shape index (κ3) is 4.25. The molecule has 0 aliphatic carbocycles. The molecule has 37 heavy (non-hydrogen) atoms. The van der Waals surface area contributed by atoms with Gasteiger partial charge in [0.2, 0.25) is 12.7 Å². The van der Waals surface area contributed by atoms with E-state index in [1.807, 2.05) is 25.1 Å².